The fraction of sp³-hybridized carbons (Fsp3) is 0.227. The predicted molar refractivity (Wildman–Crippen MR) is 98.0 cm³/mol. The van der Waals surface area contributed by atoms with E-state index < -0.39 is 0 Å². The maximum Gasteiger partial charge on any atom is 0.0436 e. The van der Waals surface area contributed by atoms with Gasteiger partial charge in [-0.15, -0.1) is 0 Å². The fourth-order valence-electron chi connectivity index (χ4n) is 3.33. The molecule has 0 saturated heterocycles. The Kier molecular flexibility index (Phi) is 5.75. The number of aliphatic hydroxyl groups excluding tert-OH is 1. The first-order valence-electron chi connectivity index (χ1n) is 8.49. The summed E-state index contributed by atoms with van der Waals surface area (Å²) in [7, 11) is 0. The Bertz CT molecular complexity index is 673. The van der Waals surface area contributed by atoms with Crippen molar-refractivity contribution in [3.05, 3.63) is 102 Å². The highest BCUT2D eigenvalue weighted by Gasteiger charge is 2.21. The Morgan fingerprint density at radius 3 is 1.75 bits per heavy atom. The monoisotopic (exact) mass is 317 g/mol. The second kappa shape index (κ2) is 8.42. The van der Waals surface area contributed by atoms with Crippen molar-refractivity contribution in [1.82, 2.24) is 4.98 Å². The van der Waals surface area contributed by atoms with Crippen molar-refractivity contribution in [2.75, 3.05) is 6.61 Å². The van der Waals surface area contributed by atoms with Gasteiger partial charge in [-0.1, -0.05) is 60.7 Å². The van der Waals surface area contributed by atoms with Crippen molar-refractivity contribution < 1.29 is 5.11 Å². The first-order chi connectivity index (χ1) is 11.9. The Balaban J connectivity index is 1.93. The average molecular weight is 317 g/mol. The van der Waals surface area contributed by atoms with Crippen LogP contribution in [0.4, 0.5) is 0 Å². The molecule has 2 heteroatoms. The molecule has 1 heterocycles. The summed E-state index contributed by atoms with van der Waals surface area (Å²) in [6.45, 7) is 0.198. The lowest BCUT2D eigenvalue weighted by Crippen LogP contribution is -2.10. The number of aliphatic hydroxyl groups is 1. The van der Waals surface area contributed by atoms with Gasteiger partial charge in [0.15, 0.2) is 0 Å². The van der Waals surface area contributed by atoms with E-state index in [0.717, 1.165) is 12.8 Å². The van der Waals surface area contributed by atoms with Gasteiger partial charge in [0.1, 0.15) is 0 Å². The zero-order valence-corrected chi connectivity index (χ0v) is 13.8. The van der Waals surface area contributed by atoms with E-state index in [0.29, 0.717) is 11.8 Å². The van der Waals surface area contributed by atoms with E-state index in [9.17, 15) is 5.11 Å². The van der Waals surface area contributed by atoms with E-state index in [1.807, 2.05) is 12.4 Å². The third kappa shape index (κ3) is 4.09. The maximum absolute atomic E-state index is 9.54. The summed E-state index contributed by atoms with van der Waals surface area (Å²) in [6.07, 6.45) is 5.40. The van der Waals surface area contributed by atoms with Crippen molar-refractivity contribution in [2.45, 2.75) is 24.7 Å². The van der Waals surface area contributed by atoms with Crippen LogP contribution in [0.15, 0.2) is 85.2 Å². The van der Waals surface area contributed by atoms with E-state index in [1.165, 1.54) is 16.7 Å². The van der Waals surface area contributed by atoms with Crippen LogP contribution in [0.25, 0.3) is 0 Å². The second-order valence-electron chi connectivity index (χ2n) is 6.10. The summed E-state index contributed by atoms with van der Waals surface area (Å²) < 4.78 is 0. The highest BCUT2D eigenvalue weighted by Crippen LogP contribution is 2.36. The van der Waals surface area contributed by atoms with Crippen LogP contribution in [-0.4, -0.2) is 16.7 Å². The summed E-state index contributed by atoms with van der Waals surface area (Å²) in [5.41, 5.74) is 3.89. The number of nitrogens with zero attached hydrogens (tertiary/aromatic N) is 1. The molecule has 1 N–H and O–H groups in total. The highest BCUT2D eigenvalue weighted by atomic mass is 16.3. The number of hydrogen-bond acceptors (Lipinski definition) is 2. The number of aromatic nitrogens is 1. The SMILES string of the molecule is OCCC(CC(c1ccccc1)c1ccccc1)c1ccncc1. The van der Waals surface area contributed by atoms with E-state index in [-0.39, 0.29) is 6.61 Å². The molecule has 1 atom stereocenters. The molecule has 0 aliphatic heterocycles. The van der Waals surface area contributed by atoms with Crippen molar-refractivity contribution >= 4 is 0 Å². The van der Waals surface area contributed by atoms with Gasteiger partial charge in [-0.3, -0.25) is 4.98 Å². The van der Waals surface area contributed by atoms with E-state index in [4.69, 9.17) is 0 Å². The molecule has 0 fully saturated rings. The lowest BCUT2D eigenvalue weighted by Gasteiger charge is -2.24. The lowest BCUT2D eigenvalue weighted by atomic mass is 9.80. The first kappa shape index (κ1) is 16.4. The van der Waals surface area contributed by atoms with Gasteiger partial charge in [-0.2, -0.15) is 0 Å². The Hall–Kier alpha value is -2.45. The topological polar surface area (TPSA) is 33.1 Å². The molecule has 0 aliphatic rings. The molecule has 2 aromatic carbocycles. The molecule has 122 valence electrons. The zero-order valence-electron chi connectivity index (χ0n) is 13.8. The van der Waals surface area contributed by atoms with Crippen LogP contribution >= 0.6 is 0 Å². The molecule has 0 bridgehead atoms. The largest absolute Gasteiger partial charge is 0.396 e. The van der Waals surface area contributed by atoms with Crippen molar-refractivity contribution in [3.8, 4) is 0 Å². The van der Waals surface area contributed by atoms with Crippen molar-refractivity contribution in [3.63, 3.8) is 0 Å². The van der Waals surface area contributed by atoms with Crippen LogP contribution in [0.2, 0.25) is 0 Å². The summed E-state index contributed by atoms with van der Waals surface area (Å²) in [4.78, 5) is 4.12. The normalized spacial score (nSPS) is 12.2. The van der Waals surface area contributed by atoms with Crippen molar-refractivity contribution in [2.24, 2.45) is 0 Å². The van der Waals surface area contributed by atoms with Crippen LogP contribution < -0.4 is 0 Å². The second-order valence-corrected chi connectivity index (χ2v) is 6.10. The molecule has 2 nitrogen and oxygen atoms in total. The molecule has 0 amide bonds. The Morgan fingerprint density at radius 2 is 1.25 bits per heavy atom. The van der Waals surface area contributed by atoms with Gasteiger partial charge in [0.2, 0.25) is 0 Å². The first-order valence-corrected chi connectivity index (χ1v) is 8.49. The molecular formula is C22H23NO. The molecule has 0 radical (unpaired) electrons. The van der Waals surface area contributed by atoms with Crippen LogP contribution in [0.5, 0.6) is 0 Å². The molecule has 24 heavy (non-hydrogen) atoms. The van der Waals surface area contributed by atoms with E-state index in [2.05, 4.69) is 77.8 Å². The number of benzene rings is 2. The minimum absolute atomic E-state index is 0.198. The highest BCUT2D eigenvalue weighted by molar-refractivity contribution is 5.33. The van der Waals surface area contributed by atoms with E-state index >= 15 is 0 Å². The summed E-state index contributed by atoms with van der Waals surface area (Å²) in [5, 5.41) is 9.54. The molecule has 1 unspecified atom stereocenters. The number of pyridine rings is 1. The third-order valence-electron chi connectivity index (χ3n) is 4.58. The average Bonchev–Trinajstić information content (AvgIpc) is 2.67. The van der Waals surface area contributed by atoms with Gasteiger partial charge in [0, 0.05) is 24.9 Å². The minimum atomic E-state index is 0.198. The van der Waals surface area contributed by atoms with Gasteiger partial charge in [0.25, 0.3) is 0 Å². The van der Waals surface area contributed by atoms with Gasteiger partial charge >= 0.3 is 0 Å². The smallest absolute Gasteiger partial charge is 0.0436 e. The third-order valence-corrected chi connectivity index (χ3v) is 4.58. The van der Waals surface area contributed by atoms with Gasteiger partial charge in [-0.05, 0) is 47.6 Å². The lowest BCUT2D eigenvalue weighted by molar-refractivity contribution is 0.271. The molecule has 0 aliphatic carbocycles. The van der Waals surface area contributed by atoms with Crippen LogP contribution in [0.3, 0.4) is 0 Å². The Labute approximate surface area is 143 Å². The fourth-order valence-corrected chi connectivity index (χ4v) is 3.33. The number of rotatable bonds is 7. The predicted octanol–water partition coefficient (Wildman–Crippen LogP) is 4.77. The zero-order chi connectivity index (χ0) is 16.6. The summed E-state index contributed by atoms with van der Waals surface area (Å²) in [6, 6.07) is 25.4. The van der Waals surface area contributed by atoms with Gasteiger partial charge < -0.3 is 5.11 Å². The molecule has 0 spiro atoms. The van der Waals surface area contributed by atoms with Gasteiger partial charge in [-0.25, -0.2) is 0 Å². The number of hydrogen-bond donors (Lipinski definition) is 1. The maximum atomic E-state index is 9.54. The van der Waals surface area contributed by atoms with E-state index in [1.54, 1.807) is 0 Å². The van der Waals surface area contributed by atoms with Crippen molar-refractivity contribution in [1.29, 1.82) is 0 Å². The quantitative estimate of drug-likeness (QED) is 0.681. The van der Waals surface area contributed by atoms with Crippen LogP contribution in [-0.2, 0) is 0 Å². The van der Waals surface area contributed by atoms with Crippen LogP contribution in [0.1, 0.15) is 41.4 Å². The molecule has 3 rings (SSSR count). The standard InChI is InChI=1S/C22H23NO/c24-16-13-21(18-11-14-23-15-12-18)17-22(19-7-3-1-4-8-19)20-9-5-2-6-10-20/h1-12,14-15,21-22,24H,13,16-17H2. The minimum Gasteiger partial charge on any atom is -0.396 e. The summed E-state index contributed by atoms with van der Waals surface area (Å²) in [5.74, 6) is 0.625. The summed E-state index contributed by atoms with van der Waals surface area (Å²) >= 11 is 0. The van der Waals surface area contributed by atoms with Crippen LogP contribution in [0, 0.1) is 0 Å². The Morgan fingerprint density at radius 1 is 0.708 bits per heavy atom. The van der Waals surface area contributed by atoms with Gasteiger partial charge in [0.05, 0.1) is 0 Å². The molecule has 3 aromatic rings. The molecule has 0 saturated carbocycles. The molecule has 1 aromatic heterocycles. The molecular weight excluding hydrogens is 294 g/mol.